The summed E-state index contributed by atoms with van der Waals surface area (Å²) in [6.07, 6.45) is -0.00618. The number of alkyl halides is 1. The summed E-state index contributed by atoms with van der Waals surface area (Å²) in [6, 6.07) is 5.25. The van der Waals surface area contributed by atoms with Gasteiger partial charge in [-0.2, -0.15) is 0 Å². The van der Waals surface area contributed by atoms with Crippen LogP contribution in [0, 0.1) is 0 Å². The van der Waals surface area contributed by atoms with E-state index in [0.717, 1.165) is 0 Å². The van der Waals surface area contributed by atoms with Crippen molar-refractivity contribution >= 4 is 11.9 Å². The van der Waals surface area contributed by atoms with E-state index in [1.165, 1.54) is 7.11 Å². The Kier molecular flexibility index (Phi) is 5.10. The third-order valence-electron chi connectivity index (χ3n) is 2.31. The number of ether oxygens (including phenoxy) is 1. The van der Waals surface area contributed by atoms with Crippen molar-refractivity contribution < 1.29 is 23.8 Å². The Labute approximate surface area is 104 Å². The number of methoxy groups -OCH3 is 1. The Balaban J connectivity index is 2.55. The third kappa shape index (κ3) is 4.04. The lowest BCUT2D eigenvalue weighted by atomic mass is 10.1. The molecular weight excluding hydrogens is 241 g/mol. The molecule has 0 aliphatic carbocycles. The van der Waals surface area contributed by atoms with E-state index in [4.69, 9.17) is 9.84 Å². The van der Waals surface area contributed by atoms with Crippen molar-refractivity contribution in [1.82, 2.24) is 5.32 Å². The molecule has 1 amide bonds. The number of nitrogens with one attached hydrogen (secondary N) is 1. The van der Waals surface area contributed by atoms with Crippen LogP contribution in [-0.2, 0) is 16.0 Å². The number of halogens is 1. The van der Waals surface area contributed by atoms with Crippen LogP contribution in [0.5, 0.6) is 5.75 Å². The minimum Gasteiger partial charge on any atom is -0.497 e. The van der Waals surface area contributed by atoms with Gasteiger partial charge in [-0.05, 0) is 17.7 Å². The summed E-state index contributed by atoms with van der Waals surface area (Å²) < 4.78 is 17.3. The Morgan fingerprint density at radius 1 is 1.39 bits per heavy atom. The van der Waals surface area contributed by atoms with Gasteiger partial charge in [0.15, 0.2) is 6.04 Å². The molecule has 1 aromatic rings. The Hall–Kier alpha value is -2.11. The average molecular weight is 255 g/mol. The first-order valence-electron chi connectivity index (χ1n) is 5.28. The SMILES string of the molecule is COc1ccc(CC(=O)NC(CF)C(=O)O)cc1. The molecule has 1 atom stereocenters. The summed E-state index contributed by atoms with van der Waals surface area (Å²) in [5.41, 5.74) is 0.691. The summed E-state index contributed by atoms with van der Waals surface area (Å²) in [5, 5.41) is 10.7. The van der Waals surface area contributed by atoms with Gasteiger partial charge in [0.1, 0.15) is 12.4 Å². The molecule has 0 aliphatic rings. The van der Waals surface area contributed by atoms with E-state index in [1.54, 1.807) is 24.3 Å². The van der Waals surface area contributed by atoms with Gasteiger partial charge in [-0.1, -0.05) is 12.1 Å². The molecule has 5 nitrogen and oxygen atoms in total. The van der Waals surface area contributed by atoms with Crippen molar-refractivity contribution in [2.24, 2.45) is 0 Å². The lowest BCUT2D eigenvalue weighted by Gasteiger charge is -2.10. The van der Waals surface area contributed by atoms with Gasteiger partial charge < -0.3 is 15.2 Å². The van der Waals surface area contributed by atoms with Crippen LogP contribution < -0.4 is 10.1 Å². The van der Waals surface area contributed by atoms with Crippen molar-refractivity contribution in [3.8, 4) is 5.75 Å². The number of carboxylic acid groups (broad SMARTS) is 1. The topological polar surface area (TPSA) is 75.6 Å². The molecule has 0 spiro atoms. The molecule has 0 saturated carbocycles. The van der Waals surface area contributed by atoms with Gasteiger partial charge in [0, 0.05) is 0 Å². The standard InChI is InChI=1S/C12H14FNO4/c1-18-9-4-2-8(3-5-9)6-11(15)14-10(7-13)12(16)17/h2-5,10H,6-7H2,1H3,(H,14,15)(H,16,17). The van der Waals surface area contributed by atoms with Gasteiger partial charge >= 0.3 is 5.97 Å². The van der Waals surface area contributed by atoms with Crippen molar-refractivity contribution in [3.05, 3.63) is 29.8 Å². The highest BCUT2D eigenvalue weighted by Gasteiger charge is 2.19. The van der Waals surface area contributed by atoms with Gasteiger partial charge in [-0.25, -0.2) is 9.18 Å². The fourth-order valence-corrected chi connectivity index (χ4v) is 1.34. The second kappa shape index (κ2) is 6.58. The van der Waals surface area contributed by atoms with Gasteiger partial charge in [0.25, 0.3) is 0 Å². The van der Waals surface area contributed by atoms with E-state index in [2.05, 4.69) is 5.32 Å². The van der Waals surface area contributed by atoms with Gasteiger partial charge in [-0.15, -0.1) is 0 Å². The number of carbonyl (C=O) groups excluding carboxylic acids is 1. The number of amides is 1. The van der Waals surface area contributed by atoms with E-state index in [9.17, 15) is 14.0 Å². The first-order chi connectivity index (χ1) is 8.56. The Bertz CT molecular complexity index is 419. The molecule has 1 unspecified atom stereocenters. The van der Waals surface area contributed by atoms with E-state index >= 15 is 0 Å². The van der Waals surface area contributed by atoms with Crippen LogP contribution in [0.3, 0.4) is 0 Å². The second-order valence-corrected chi connectivity index (χ2v) is 3.64. The van der Waals surface area contributed by atoms with Crippen molar-refractivity contribution in [3.63, 3.8) is 0 Å². The van der Waals surface area contributed by atoms with Crippen molar-refractivity contribution in [1.29, 1.82) is 0 Å². The number of carboxylic acids is 1. The number of hydrogen-bond acceptors (Lipinski definition) is 3. The first kappa shape index (κ1) is 14.0. The summed E-state index contributed by atoms with van der Waals surface area (Å²) in [6.45, 7) is -1.14. The van der Waals surface area contributed by atoms with Crippen LogP contribution >= 0.6 is 0 Å². The van der Waals surface area contributed by atoms with Crippen molar-refractivity contribution in [2.45, 2.75) is 12.5 Å². The summed E-state index contributed by atoms with van der Waals surface area (Å²) >= 11 is 0. The van der Waals surface area contributed by atoms with Crippen LogP contribution in [0.25, 0.3) is 0 Å². The minimum absolute atomic E-state index is 0.00618. The number of aliphatic carboxylic acids is 1. The molecular formula is C12H14FNO4. The predicted molar refractivity (Wildman–Crippen MR) is 62.2 cm³/mol. The van der Waals surface area contributed by atoms with E-state index < -0.39 is 24.6 Å². The highest BCUT2D eigenvalue weighted by Crippen LogP contribution is 2.11. The normalized spacial score (nSPS) is 11.7. The zero-order valence-electron chi connectivity index (χ0n) is 9.85. The molecule has 1 rings (SSSR count). The second-order valence-electron chi connectivity index (χ2n) is 3.64. The first-order valence-corrected chi connectivity index (χ1v) is 5.28. The van der Waals surface area contributed by atoms with Gasteiger partial charge in [0.2, 0.25) is 5.91 Å². The van der Waals surface area contributed by atoms with Gasteiger partial charge in [-0.3, -0.25) is 4.79 Å². The Morgan fingerprint density at radius 2 is 2.00 bits per heavy atom. The van der Waals surface area contributed by atoms with Gasteiger partial charge in [0.05, 0.1) is 13.5 Å². The molecule has 0 bridgehead atoms. The zero-order chi connectivity index (χ0) is 13.5. The van der Waals surface area contributed by atoms with Crippen LogP contribution in [-0.4, -0.2) is 36.8 Å². The number of hydrogen-bond donors (Lipinski definition) is 2. The molecule has 0 saturated heterocycles. The van der Waals surface area contributed by atoms with Crippen LogP contribution in [0.1, 0.15) is 5.56 Å². The maximum atomic E-state index is 12.3. The van der Waals surface area contributed by atoms with E-state index in [1.807, 2.05) is 0 Å². The molecule has 1 aromatic carbocycles. The maximum Gasteiger partial charge on any atom is 0.328 e. The highest BCUT2D eigenvalue weighted by molar-refractivity contribution is 5.84. The smallest absolute Gasteiger partial charge is 0.328 e. The number of carbonyl (C=O) groups is 2. The zero-order valence-corrected chi connectivity index (χ0v) is 9.85. The van der Waals surface area contributed by atoms with Crippen LogP contribution in [0.4, 0.5) is 4.39 Å². The molecule has 0 radical (unpaired) electrons. The lowest BCUT2D eigenvalue weighted by molar-refractivity contribution is -0.142. The predicted octanol–water partition coefficient (Wildman–Crippen LogP) is 0.777. The van der Waals surface area contributed by atoms with Crippen LogP contribution in [0.15, 0.2) is 24.3 Å². The molecule has 2 N–H and O–H groups in total. The molecule has 0 aliphatic heterocycles. The number of benzene rings is 1. The fraction of sp³-hybridized carbons (Fsp3) is 0.333. The molecule has 0 fully saturated rings. The summed E-state index contributed by atoms with van der Waals surface area (Å²) in [4.78, 5) is 22.0. The molecule has 0 heterocycles. The Morgan fingerprint density at radius 3 is 2.44 bits per heavy atom. The largest absolute Gasteiger partial charge is 0.497 e. The summed E-state index contributed by atoms with van der Waals surface area (Å²) in [7, 11) is 1.53. The molecule has 98 valence electrons. The molecule has 0 aromatic heterocycles. The van der Waals surface area contributed by atoms with E-state index in [0.29, 0.717) is 11.3 Å². The number of rotatable bonds is 6. The fourth-order valence-electron chi connectivity index (χ4n) is 1.34. The summed E-state index contributed by atoms with van der Waals surface area (Å²) in [5.74, 6) is -1.27. The van der Waals surface area contributed by atoms with E-state index in [-0.39, 0.29) is 6.42 Å². The highest BCUT2D eigenvalue weighted by atomic mass is 19.1. The lowest BCUT2D eigenvalue weighted by Crippen LogP contribution is -2.42. The van der Waals surface area contributed by atoms with Crippen molar-refractivity contribution in [2.75, 3.05) is 13.8 Å². The molecule has 18 heavy (non-hydrogen) atoms. The molecule has 6 heteroatoms. The monoisotopic (exact) mass is 255 g/mol. The minimum atomic E-state index is -1.49. The average Bonchev–Trinajstić information content (AvgIpc) is 2.36. The third-order valence-corrected chi connectivity index (χ3v) is 2.31. The maximum absolute atomic E-state index is 12.3. The van der Waals surface area contributed by atoms with Crippen LogP contribution in [0.2, 0.25) is 0 Å². The quantitative estimate of drug-likeness (QED) is 0.787.